The third kappa shape index (κ3) is 25.6. The third-order valence-electron chi connectivity index (χ3n) is 9.45. The van der Waals surface area contributed by atoms with Crippen LogP contribution in [0.5, 0.6) is 0 Å². The maximum atomic E-state index is 8.90. The highest BCUT2D eigenvalue weighted by molar-refractivity contribution is 6.92. The van der Waals surface area contributed by atoms with Gasteiger partial charge in [-0.2, -0.15) is 0 Å². The van der Waals surface area contributed by atoms with Gasteiger partial charge in [0, 0.05) is 22.9 Å². The number of nitrogens with zero attached hydrogens (tertiary/aromatic N) is 6. The van der Waals surface area contributed by atoms with E-state index in [1.54, 1.807) is 0 Å². The monoisotopic (exact) mass is 926 g/mol. The van der Waals surface area contributed by atoms with Gasteiger partial charge >= 0.3 is 17.1 Å². The minimum Gasteiger partial charge on any atom is -0.458 e. The second-order valence-corrected chi connectivity index (χ2v) is 60.3. The SMILES string of the molecule is C=C[Si](C)(C)O[Si](C)(CCCN=[N+]=[N-])O[Si](C)(C)CC[Si](C)(C)O[Si](C)(C)CC[Si](C)(C)O[Si](C)(CCCN=[N+]=[N-])O[Si](C)(C)CC[Si](C)(C)O[SiH](C)C. The van der Waals surface area contributed by atoms with Crippen molar-refractivity contribution in [1.82, 2.24) is 0 Å². The topological polar surface area (TPSA) is 153 Å². The van der Waals surface area contributed by atoms with E-state index in [9.17, 15) is 0 Å². The van der Waals surface area contributed by atoms with Crippen molar-refractivity contribution in [3.8, 4) is 0 Å². The van der Waals surface area contributed by atoms with Crippen molar-refractivity contribution in [2.24, 2.45) is 10.2 Å². The van der Waals surface area contributed by atoms with E-state index in [0.717, 1.165) is 61.2 Å². The highest BCUT2D eigenvalue weighted by atomic mass is 28.5. The fourth-order valence-electron chi connectivity index (χ4n) is 7.13. The molecular weight excluding hydrogens is 845 g/mol. The lowest BCUT2D eigenvalue weighted by Crippen LogP contribution is -2.55. The Morgan fingerprint density at radius 1 is 0.481 bits per heavy atom. The minimum absolute atomic E-state index is 0.461. The molecule has 0 aliphatic carbocycles. The molecular formula is C32H82N6O6Si10. The summed E-state index contributed by atoms with van der Waals surface area (Å²) in [7, 11) is -20.2. The van der Waals surface area contributed by atoms with Gasteiger partial charge in [0.05, 0.1) is 0 Å². The smallest absolute Gasteiger partial charge is 0.314 e. The quantitative estimate of drug-likeness (QED) is 0.0230. The number of hydrogen-bond donors (Lipinski definition) is 0. The molecule has 0 radical (unpaired) electrons. The number of hydrogen-bond acceptors (Lipinski definition) is 8. The summed E-state index contributed by atoms with van der Waals surface area (Å²) in [6.45, 7) is 46.5. The molecule has 54 heavy (non-hydrogen) atoms. The van der Waals surface area contributed by atoms with E-state index >= 15 is 0 Å². The van der Waals surface area contributed by atoms with Crippen molar-refractivity contribution in [2.75, 3.05) is 13.1 Å². The van der Waals surface area contributed by atoms with Crippen molar-refractivity contribution in [3.05, 3.63) is 33.2 Å². The summed E-state index contributed by atoms with van der Waals surface area (Å²) in [5.74, 6) is 0. The first-order valence-corrected chi connectivity index (χ1v) is 49.6. The molecule has 0 aliphatic heterocycles. The number of rotatable bonds is 30. The molecule has 2 atom stereocenters. The van der Waals surface area contributed by atoms with Crippen molar-refractivity contribution in [3.63, 3.8) is 0 Å². The van der Waals surface area contributed by atoms with Gasteiger partial charge in [-0.1, -0.05) is 15.9 Å². The van der Waals surface area contributed by atoms with Crippen LogP contribution in [0.15, 0.2) is 22.5 Å². The summed E-state index contributed by atoms with van der Waals surface area (Å²) in [5.41, 5.74) is 19.7. The Labute approximate surface area is 342 Å². The first-order valence-electron chi connectivity index (χ1n) is 20.1. The van der Waals surface area contributed by atoms with Crippen LogP contribution in [-0.4, -0.2) is 97.5 Å². The van der Waals surface area contributed by atoms with E-state index in [1.165, 1.54) is 0 Å². The highest BCUT2D eigenvalue weighted by Gasteiger charge is 2.46. The maximum absolute atomic E-state index is 8.90. The fraction of sp³-hybridized carbons (Fsp3) is 0.938. The average molecular weight is 928 g/mol. The lowest BCUT2D eigenvalue weighted by atomic mass is 10.5. The van der Waals surface area contributed by atoms with E-state index in [2.05, 4.69) is 144 Å². The molecule has 2 unspecified atom stereocenters. The van der Waals surface area contributed by atoms with E-state index in [-0.39, 0.29) is 0 Å². The Balaban J connectivity index is 5.72. The van der Waals surface area contributed by atoms with Crippen LogP contribution >= 0.6 is 0 Å². The lowest BCUT2D eigenvalue weighted by Gasteiger charge is -2.43. The lowest BCUT2D eigenvalue weighted by molar-refractivity contribution is 0.375. The Morgan fingerprint density at radius 2 is 0.778 bits per heavy atom. The molecule has 0 N–H and O–H groups in total. The average Bonchev–Trinajstić information content (AvgIpc) is 2.97. The van der Waals surface area contributed by atoms with Gasteiger partial charge in [0.25, 0.3) is 0 Å². The van der Waals surface area contributed by atoms with Crippen LogP contribution < -0.4 is 0 Å². The molecule has 12 nitrogen and oxygen atoms in total. The van der Waals surface area contributed by atoms with Crippen molar-refractivity contribution in [1.29, 1.82) is 0 Å². The van der Waals surface area contributed by atoms with Crippen molar-refractivity contribution < 1.29 is 24.7 Å². The largest absolute Gasteiger partial charge is 0.458 e. The van der Waals surface area contributed by atoms with Crippen molar-refractivity contribution in [2.45, 2.75) is 179 Å². The molecule has 0 aromatic carbocycles. The molecule has 316 valence electrons. The van der Waals surface area contributed by atoms with Gasteiger partial charge in [0.1, 0.15) is 0 Å². The summed E-state index contributed by atoms with van der Waals surface area (Å²) in [6.07, 6.45) is 1.55. The second kappa shape index (κ2) is 22.6. The molecule has 0 saturated heterocycles. The van der Waals surface area contributed by atoms with Crippen LogP contribution in [0.3, 0.4) is 0 Å². The molecule has 0 amide bonds. The first-order chi connectivity index (χ1) is 24.3. The normalized spacial score (nSPS) is 16.0. The zero-order valence-electron chi connectivity index (χ0n) is 38.0. The molecule has 0 aliphatic rings. The highest BCUT2D eigenvalue weighted by Crippen LogP contribution is 2.35. The third-order valence-corrected chi connectivity index (χ3v) is 47.7. The summed E-state index contributed by atoms with van der Waals surface area (Å²) in [6, 6.07) is 8.02. The molecule has 0 fully saturated rings. The van der Waals surface area contributed by atoms with E-state index < -0.39 is 84.4 Å². The Bertz CT molecular complexity index is 1270. The first kappa shape index (κ1) is 54.3. The van der Waals surface area contributed by atoms with Gasteiger partial charge < -0.3 is 24.7 Å². The molecule has 0 spiro atoms. The van der Waals surface area contributed by atoms with Crippen LogP contribution in [0.4, 0.5) is 0 Å². The number of azide groups is 2. The van der Waals surface area contributed by atoms with E-state index in [0.29, 0.717) is 13.1 Å². The maximum Gasteiger partial charge on any atom is 0.314 e. The van der Waals surface area contributed by atoms with Crippen LogP contribution in [0.1, 0.15) is 12.8 Å². The molecule has 0 heterocycles. The minimum atomic E-state index is -2.56. The summed E-state index contributed by atoms with van der Waals surface area (Å²) >= 11 is 0. The molecule has 0 aromatic rings. The van der Waals surface area contributed by atoms with Crippen LogP contribution in [0.2, 0.25) is 166 Å². The van der Waals surface area contributed by atoms with Crippen molar-refractivity contribution >= 4 is 84.4 Å². The molecule has 22 heteroatoms. The fourth-order valence-corrected chi connectivity index (χ4v) is 58.3. The zero-order valence-corrected chi connectivity index (χ0v) is 48.1. The van der Waals surface area contributed by atoms with E-state index in [4.69, 9.17) is 35.8 Å². The Morgan fingerprint density at radius 3 is 1.07 bits per heavy atom. The van der Waals surface area contributed by atoms with Gasteiger partial charge in [-0.05, 0) is 190 Å². The molecule has 0 bridgehead atoms. The van der Waals surface area contributed by atoms with Gasteiger partial charge in [0.15, 0.2) is 67.3 Å². The standard InChI is InChI=1S/C32H82N6O6Si10/c1-20-46(4,5)41-53(18,25-21-23-35-37-33)42-51(14,15)31-29-48(8,9)40-49(10,11)30-32-52(16,17)44-54(19,26-22-24-36-38-34)43-50(12,13)28-27-47(6,7)39-45(2)3/h20,45H,1,21-32H2,2-19H3. The van der Waals surface area contributed by atoms with Gasteiger partial charge in [0.2, 0.25) is 0 Å². The zero-order chi connectivity index (χ0) is 42.3. The molecule has 0 aromatic heterocycles. The molecule has 0 saturated carbocycles. The molecule has 0 rings (SSSR count). The van der Waals surface area contributed by atoms with Crippen LogP contribution in [-0.2, 0) is 24.7 Å². The van der Waals surface area contributed by atoms with Gasteiger partial charge in [-0.25, -0.2) is 0 Å². The van der Waals surface area contributed by atoms with Gasteiger partial charge in [-0.3, -0.25) is 0 Å². The predicted molar refractivity (Wildman–Crippen MR) is 257 cm³/mol. The summed E-state index contributed by atoms with van der Waals surface area (Å²) < 4.78 is 42.0. The van der Waals surface area contributed by atoms with E-state index in [1.807, 2.05) is 5.70 Å². The van der Waals surface area contributed by atoms with Gasteiger partial charge in [-0.15, -0.1) is 6.58 Å². The summed E-state index contributed by atoms with van der Waals surface area (Å²) in [5, 5.41) is 7.58. The van der Waals surface area contributed by atoms with Crippen LogP contribution in [0, 0.1) is 0 Å². The Hall–Kier alpha value is 0.289. The summed E-state index contributed by atoms with van der Waals surface area (Å²) in [4.78, 5) is 5.91. The second-order valence-electron chi connectivity index (χ2n) is 19.9. The van der Waals surface area contributed by atoms with Crippen LogP contribution in [0.25, 0.3) is 20.9 Å². The Kier molecular flexibility index (Phi) is 22.7. The predicted octanol–water partition coefficient (Wildman–Crippen LogP) is 12.8.